The van der Waals surface area contributed by atoms with Gasteiger partial charge in [-0.05, 0) is 48.5 Å². The summed E-state index contributed by atoms with van der Waals surface area (Å²) in [5.41, 5.74) is 5.62. The number of rotatable bonds is 2. The first-order chi connectivity index (χ1) is 8.39. The van der Waals surface area contributed by atoms with Crippen LogP contribution in [0.3, 0.4) is 0 Å². The molecule has 1 fully saturated rings. The zero-order chi connectivity index (χ0) is 13.3. The molecule has 1 aromatic rings. The third-order valence-corrected chi connectivity index (χ3v) is 4.18. The quantitative estimate of drug-likeness (QED) is 0.891. The fourth-order valence-electron chi connectivity index (χ4n) is 2.28. The van der Waals surface area contributed by atoms with Crippen molar-refractivity contribution in [2.24, 2.45) is 12.8 Å². The summed E-state index contributed by atoms with van der Waals surface area (Å²) < 4.78 is 8.37. The van der Waals surface area contributed by atoms with Crippen LogP contribution in [0.1, 0.15) is 32.6 Å². The van der Waals surface area contributed by atoms with E-state index in [1.165, 1.54) is 10.6 Å². The second kappa shape index (κ2) is 6.29. The zero-order valence-corrected chi connectivity index (χ0v) is 13.6. The number of pyridine rings is 1. The Morgan fingerprint density at radius 1 is 1.47 bits per heavy atom. The molecule has 0 aliphatic heterocycles. The minimum atomic E-state index is -0.218. The maximum Gasteiger partial charge on any atom is 0.254 e. The average Bonchev–Trinajstić information content (AvgIpc) is 2.30. The number of halogens is 2. The van der Waals surface area contributed by atoms with Gasteiger partial charge in [0.1, 0.15) is 11.4 Å². The third-order valence-electron chi connectivity index (χ3n) is 3.59. The molecule has 0 bridgehead atoms. The van der Waals surface area contributed by atoms with Gasteiger partial charge in [-0.15, -0.1) is 12.4 Å². The summed E-state index contributed by atoms with van der Waals surface area (Å²) >= 11 is 3.43. The lowest BCUT2D eigenvalue weighted by Gasteiger charge is -2.36. The standard InChI is InChI=1S/C13H19BrN2O2.ClH/c1-13(5-3-9(15)4-6-13)18-11-7-12(17)16(2)8-10(11)14;/h7-9H,3-6,15H2,1-2H3;1H/t9-,13-;. The molecule has 0 atom stereocenters. The van der Waals surface area contributed by atoms with Crippen molar-refractivity contribution >= 4 is 28.3 Å². The molecule has 19 heavy (non-hydrogen) atoms. The van der Waals surface area contributed by atoms with E-state index in [2.05, 4.69) is 22.9 Å². The molecule has 0 unspecified atom stereocenters. The molecule has 0 radical (unpaired) electrons. The Balaban J connectivity index is 0.00000180. The van der Waals surface area contributed by atoms with Gasteiger partial charge in [-0.2, -0.15) is 0 Å². The number of nitrogens with zero attached hydrogens (tertiary/aromatic N) is 1. The van der Waals surface area contributed by atoms with Gasteiger partial charge in [-0.1, -0.05) is 0 Å². The lowest BCUT2D eigenvalue weighted by Crippen LogP contribution is -2.41. The van der Waals surface area contributed by atoms with Gasteiger partial charge in [0.25, 0.3) is 5.56 Å². The normalized spacial score (nSPS) is 26.6. The second-order valence-corrected chi connectivity index (χ2v) is 6.18. The second-order valence-electron chi connectivity index (χ2n) is 5.32. The van der Waals surface area contributed by atoms with Crippen molar-refractivity contribution in [2.75, 3.05) is 0 Å². The lowest BCUT2D eigenvalue weighted by atomic mass is 9.84. The Labute approximate surface area is 127 Å². The first-order valence-electron chi connectivity index (χ1n) is 6.20. The molecule has 1 aliphatic carbocycles. The van der Waals surface area contributed by atoms with E-state index in [9.17, 15) is 4.79 Å². The first kappa shape index (κ1) is 16.5. The van der Waals surface area contributed by atoms with E-state index in [1.54, 1.807) is 13.2 Å². The van der Waals surface area contributed by atoms with Gasteiger partial charge in [0.2, 0.25) is 0 Å². The van der Waals surface area contributed by atoms with Gasteiger partial charge in [0.15, 0.2) is 0 Å². The highest BCUT2D eigenvalue weighted by molar-refractivity contribution is 9.10. The van der Waals surface area contributed by atoms with Gasteiger partial charge >= 0.3 is 0 Å². The van der Waals surface area contributed by atoms with E-state index in [0.29, 0.717) is 5.75 Å². The molecular weight excluding hydrogens is 332 g/mol. The fourth-order valence-corrected chi connectivity index (χ4v) is 2.78. The molecule has 0 saturated heterocycles. The van der Waals surface area contributed by atoms with Crippen LogP contribution in [-0.2, 0) is 7.05 Å². The van der Waals surface area contributed by atoms with Crippen LogP contribution in [0, 0.1) is 0 Å². The Morgan fingerprint density at radius 2 is 2.05 bits per heavy atom. The number of hydrogen-bond donors (Lipinski definition) is 1. The molecule has 108 valence electrons. The molecule has 0 spiro atoms. The topological polar surface area (TPSA) is 57.2 Å². The number of aryl methyl sites for hydroxylation is 1. The average molecular weight is 352 g/mol. The van der Waals surface area contributed by atoms with Crippen molar-refractivity contribution in [1.29, 1.82) is 0 Å². The molecule has 1 aromatic heterocycles. The number of ether oxygens (including phenoxy) is 1. The lowest BCUT2D eigenvalue weighted by molar-refractivity contribution is 0.0425. The van der Waals surface area contributed by atoms with Gasteiger partial charge < -0.3 is 15.0 Å². The highest BCUT2D eigenvalue weighted by Crippen LogP contribution is 2.34. The van der Waals surface area contributed by atoms with Crippen molar-refractivity contribution in [3.8, 4) is 5.75 Å². The van der Waals surface area contributed by atoms with Crippen LogP contribution in [0.2, 0.25) is 0 Å². The zero-order valence-electron chi connectivity index (χ0n) is 11.2. The van der Waals surface area contributed by atoms with E-state index in [0.717, 1.165) is 30.2 Å². The largest absolute Gasteiger partial charge is 0.486 e. The molecule has 1 aliphatic rings. The fraction of sp³-hybridized carbons (Fsp3) is 0.615. The van der Waals surface area contributed by atoms with E-state index < -0.39 is 0 Å². The van der Waals surface area contributed by atoms with Crippen molar-refractivity contribution < 1.29 is 4.74 Å². The Hall–Kier alpha value is -0.520. The van der Waals surface area contributed by atoms with E-state index in [4.69, 9.17) is 10.5 Å². The number of hydrogen-bond acceptors (Lipinski definition) is 3. The minimum absolute atomic E-state index is 0. The summed E-state index contributed by atoms with van der Waals surface area (Å²) in [5.74, 6) is 0.621. The molecule has 0 amide bonds. The highest BCUT2D eigenvalue weighted by Gasteiger charge is 2.32. The maximum atomic E-state index is 11.6. The van der Waals surface area contributed by atoms with E-state index in [1.807, 2.05) is 0 Å². The van der Waals surface area contributed by atoms with Gasteiger partial charge in [-0.3, -0.25) is 4.79 Å². The summed E-state index contributed by atoms with van der Waals surface area (Å²) in [7, 11) is 1.72. The highest BCUT2D eigenvalue weighted by atomic mass is 79.9. The molecule has 1 saturated carbocycles. The SMILES string of the molecule is Cl.Cn1cc(Br)c(O[C@]2(C)CC[C@@H](N)CC2)cc1=O. The summed E-state index contributed by atoms with van der Waals surface area (Å²) in [4.78, 5) is 11.6. The van der Waals surface area contributed by atoms with Crippen LogP contribution in [0.4, 0.5) is 0 Å². The van der Waals surface area contributed by atoms with Crippen molar-refractivity contribution in [1.82, 2.24) is 4.57 Å². The van der Waals surface area contributed by atoms with Crippen molar-refractivity contribution in [3.05, 3.63) is 27.1 Å². The molecule has 2 N–H and O–H groups in total. The maximum absolute atomic E-state index is 11.6. The predicted molar refractivity (Wildman–Crippen MR) is 82.1 cm³/mol. The van der Waals surface area contributed by atoms with E-state index >= 15 is 0 Å². The Morgan fingerprint density at radius 3 is 2.63 bits per heavy atom. The van der Waals surface area contributed by atoms with Gasteiger partial charge in [-0.25, -0.2) is 0 Å². The first-order valence-corrected chi connectivity index (χ1v) is 7.00. The summed E-state index contributed by atoms with van der Waals surface area (Å²) in [6.45, 7) is 2.09. The smallest absolute Gasteiger partial charge is 0.254 e. The van der Waals surface area contributed by atoms with Gasteiger partial charge in [0, 0.05) is 25.4 Å². The summed E-state index contributed by atoms with van der Waals surface area (Å²) in [5, 5.41) is 0. The Kier molecular flexibility index (Phi) is 5.47. The molecule has 2 rings (SSSR count). The molecule has 0 aromatic carbocycles. The summed E-state index contributed by atoms with van der Waals surface area (Å²) in [6.07, 6.45) is 5.53. The number of aromatic nitrogens is 1. The van der Waals surface area contributed by atoms with Crippen LogP contribution in [0.15, 0.2) is 21.5 Å². The molecule has 1 heterocycles. The van der Waals surface area contributed by atoms with Crippen LogP contribution in [0.5, 0.6) is 5.75 Å². The van der Waals surface area contributed by atoms with Crippen LogP contribution in [-0.4, -0.2) is 16.2 Å². The summed E-state index contributed by atoms with van der Waals surface area (Å²) in [6, 6.07) is 1.82. The monoisotopic (exact) mass is 350 g/mol. The minimum Gasteiger partial charge on any atom is -0.486 e. The third kappa shape index (κ3) is 3.97. The van der Waals surface area contributed by atoms with Gasteiger partial charge in [0.05, 0.1) is 4.47 Å². The molecular formula is C13H20BrClN2O2. The predicted octanol–water partition coefficient (Wildman–Crippen LogP) is 2.61. The van der Waals surface area contributed by atoms with E-state index in [-0.39, 0.29) is 29.6 Å². The van der Waals surface area contributed by atoms with Crippen LogP contribution < -0.4 is 16.0 Å². The molecule has 6 heteroatoms. The Bertz CT molecular complexity index is 496. The van der Waals surface area contributed by atoms with Crippen LogP contribution >= 0.6 is 28.3 Å². The van der Waals surface area contributed by atoms with Crippen LogP contribution in [0.25, 0.3) is 0 Å². The van der Waals surface area contributed by atoms with Crippen molar-refractivity contribution in [3.63, 3.8) is 0 Å². The van der Waals surface area contributed by atoms with Crippen molar-refractivity contribution in [2.45, 2.75) is 44.2 Å². The molecule has 4 nitrogen and oxygen atoms in total. The number of nitrogens with two attached hydrogens (primary N) is 1.